The molecule has 1 atom stereocenters. The van der Waals surface area contributed by atoms with Gasteiger partial charge in [-0.3, -0.25) is 9.59 Å². The Labute approximate surface area is 125 Å². The van der Waals surface area contributed by atoms with Gasteiger partial charge in [0, 0.05) is 36.3 Å². The zero-order valence-electron chi connectivity index (χ0n) is 12.6. The van der Waals surface area contributed by atoms with Crippen LogP contribution >= 0.6 is 0 Å². The average molecular weight is 289 g/mol. The molecule has 1 heterocycles. The topological polar surface area (TPSA) is 75.4 Å². The summed E-state index contributed by atoms with van der Waals surface area (Å²) in [7, 11) is 0. The first-order valence-corrected chi connectivity index (χ1v) is 7.45. The second-order valence-electron chi connectivity index (χ2n) is 5.75. The van der Waals surface area contributed by atoms with Crippen LogP contribution in [0.2, 0.25) is 0 Å². The van der Waals surface area contributed by atoms with Crippen molar-refractivity contribution in [2.45, 2.75) is 32.7 Å². The lowest BCUT2D eigenvalue weighted by atomic mass is 10.1. The van der Waals surface area contributed by atoms with Crippen LogP contribution in [0.25, 0.3) is 0 Å². The van der Waals surface area contributed by atoms with E-state index in [-0.39, 0.29) is 23.8 Å². The Bertz CT molecular complexity index is 511. The predicted octanol–water partition coefficient (Wildman–Crippen LogP) is 1.84. The van der Waals surface area contributed by atoms with E-state index in [9.17, 15) is 9.59 Å². The number of rotatable bonds is 4. The summed E-state index contributed by atoms with van der Waals surface area (Å²) in [5, 5.41) is 2.81. The Hall–Kier alpha value is -1.88. The van der Waals surface area contributed by atoms with Gasteiger partial charge in [0.2, 0.25) is 5.91 Å². The molecule has 1 saturated heterocycles. The molecule has 0 spiro atoms. The number of hydrogen-bond acceptors (Lipinski definition) is 3. The summed E-state index contributed by atoms with van der Waals surface area (Å²) < 4.78 is 0. The lowest BCUT2D eigenvalue weighted by Crippen LogP contribution is -2.39. The highest BCUT2D eigenvalue weighted by Crippen LogP contribution is 2.20. The molecule has 2 amide bonds. The van der Waals surface area contributed by atoms with Crippen molar-refractivity contribution in [3.8, 4) is 0 Å². The Morgan fingerprint density at radius 2 is 2.00 bits per heavy atom. The van der Waals surface area contributed by atoms with Gasteiger partial charge in [-0.1, -0.05) is 13.8 Å². The molecule has 1 aliphatic rings. The number of carbonyl (C=O) groups excluding carboxylic acids is 2. The molecular formula is C16H23N3O2. The lowest BCUT2D eigenvalue weighted by molar-refractivity contribution is -0.118. The maximum Gasteiger partial charge on any atom is 0.254 e. The molecule has 21 heavy (non-hydrogen) atoms. The summed E-state index contributed by atoms with van der Waals surface area (Å²) in [5.74, 6) is -0.0808. The third-order valence-electron chi connectivity index (χ3n) is 3.83. The van der Waals surface area contributed by atoms with Crippen molar-refractivity contribution in [1.82, 2.24) is 4.90 Å². The monoisotopic (exact) mass is 289 g/mol. The van der Waals surface area contributed by atoms with Crippen molar-refractivity contribution in [1.29, 1.82) is 0 Å². The molecule has 5 nitrogen and oxygen atoms in total. The SMILES string of the molecule is CC(C)C(=O)Nc1ccc(C(=O)N2CCCC2CN)cc1. The summed E-state index contributed by atoms with van der Waals surface area (Å²) in [4.78, 5) is 25.9. The molecule has 1 fully saturated rings. The van der Waals surface area contributed by atoms with Crippen LogP contribution in [0.15, 0.2) is 24.3 Å². The number of benzene rings is 1. The van der Waals surface area contributed by atoms with Gasteiger partial charge >= 0.3 is 0 Å². The zero-order valence-corrected chi connectivity index (χ0v) is 12.6. The average Bonchev–Trinajstić information content (AvgIpc) is 2.95. The molecule has 114 valence electrons. The van der Waals surface area contributed by atoms with Crippen LogP contribution in [0.1, 0.15) is 37.0 Å². The van der Waals surface area contributed by atoms with E-state index in [1.807, 2.05) is 18.7 Å². The van der Waals surface area contributed by atoms with Crippen LogP contribution < -0.4 is 11.1 Å². The number of nitrogens with one attached hydrogen (secondary N) is 1. The highest BCUT2D eigenvalue weighted by Gasteiger charge is 2.28. The summed E-state index contributed by atoms with van der Waals surface area (Å²) in [6.07, 6.45) is 1.99. The Morgan fingerprint density at radius 1 is 1.33 bits per heavy atom. The first-order chi connectivity index (χ1) is 10.0. The summed E-state index contributed by atoms with van der Waals surface area (Å²) >= 11 is 0. The van der Waals surface area contributed by atoms with Crippen LogP contribution in [0.4, 0.5) is 5.69 Å². The van der Waals surface area contributed by atoms with Crippen molar-refractivity contribution < 1.29 is 9.59 Å². The first-order valence-electron chi connectivity index (χ1n) is 7.45. The Balaban J connectivity index is 2.05. The van der Waals surface area contributed by atoms with Crippen molar-refractivity contribution in [3.05, 3.63) is 29.8 Å². The molecule has 1 aromatic carbocycles. The van der Waals surface area contributed by atoms with Crippen LogP contribution in [0.5, 0.6) is 0 Å². The van der Waals surface area contributed by atoms with Crippen molar-refractivity contribution in [3.63, 3.8) is 0 Å². The Morgan fingerprint density at radius 3 is 2.57 bits per heavy atom. The fourth-order valence-electron chi connectivity index (χ4n) is 2.50. The minimum atomic E-state index is -0.0683. The molecule has 0 bridgehead atoms. The van der Waals surface area contributed by atoms with Crippen LogP contribution in [-0.4, -0.2) is 35.8 Å². The van der Waals surface area contributed by atoms with Gasteiger partial charge in [0.1, 0.15) is 0 Å². The van der Waals surface area contributed by atoms with Gasteiger partial charge in [-0.15, -0.1) is 0 Å². The van der Waals surface area contributed by atoms with Gasteiger partial charge < -0.3 is 16.0 Å². The van der Waals surface area contributed by atoms with Crippen molar-refractivity contribution >= 4 is 17.5 Å². The molecule has 2 rings (SSSR count). The van der Waals surface area contributed by atoms with E-state index in [0.29, 0.717) is 17.8 Å². The van der Waals surface area contributed by atoms with E-state index in [1.54, 1.807) is 24.3 Å². The van der Waals surface area contributed by atoms with Crippen LogP contribution in [-0.2, 0) is 4.79 Å². The van der Waals surface area contributed by atoms with E-state index < -0.39 is 0 Å². The van der Waals surface area contributed by atoms with Crippen LogP contribution in [0.3, 0.4) is 0 Å². The maximum absolute atomic E-state index is 12.4. The fourth-order valence-corrected chi connectivity index (χ4v) is 2.50. The van der Waals surface area contributed by atoms with E-state index in [0.717, 1.165) is 19.4 Å². The third kappa shape index (κ3) is 3.61. The van der Waals surface area contributed by atoms with E-state index in [2.05, 4.69) is 5.32 Å². The maximum atomic E-state index is 12.4. The number of nitrogens with zero attached hydrogens (tertiary/aromatic N) is 1. The molecule has 0 saturated carbocycles. The predicted molar refractivity (Wildman–Crippen MR) is 83.0 cm³/mol. The molecule has 0 radical (unpaired) electrons. The van der Waals surface area contributed by atoms with Gasteiger partial charge in [-0.2, -0.15) is 0 Å². The fraction of sp³-hybridized carbons (Fsp3) is 0.500. The van der Waals surface area contributed by atoms with Crippen LogP contribution in [0, 0.1) is 5.92 Å². The molecule has 5 heteroatoms. The number of amides is 2. The van der Waals surface area contributed by atoms with Gasteiger partial charge in [0.25, 0.3) is 5.91 Å². The zero-order chi connectivity index (χ0) is 15.4. The number of carbonyl (C=O) groups is 2. The molecule has 1 unspecified atom stereocenters. The number of anilines is 1. The van der Waals surface area contributed by atoms with E-state index in [4.69, 9.17) is 5.73 Å². The number of hydrogen-bond donors (Lipinski definition) is 2. The van der Waals surface area contributed by atoms with Crippen molar-refractivity contribution in [2.75, 3.05) is 18.4 Å². The normalized spacial score (nSPS) is 18.1. The summed E-state index contributed by atoms with van der Waals surface area (Å²) in [6.45, 7) is 4.96. The molecule has 3 N–H and O–H groups in total. The largest absolute Gasteiger partial charge is 0.334 e. The highest BCUT2D eigenvalue weighted by atomic mass is 16.2. The molecular weight excluding hydrogens is 266 g/mol. The molecule has 1 aliphatic heterocycles. The van der Waals surface area contributed by atoms with E-state index >= 15 is 0 Å². The highest BCUT2D eigenvalue weighted by molar-refractivity contribution is 5.96. The summed E-state index contributed by atoms with van der Waals surface area (Å²) in [5.41, 5.74) is 7.05. The second kappa shape index (κ2) is 6.72. The lowest BCUT2D eigenvalue weighted by Gasteiger charge is -2.23. The Kier molecular flexibility index (Phi) is 4.96. The van der Waals surface area contributed by atoms with Gasteiger partial charge in [0.15, 0.2) is 0 Å². The standard InChI is InChI=1S/C16H23N3O2/c1-11(2)15(20)18-13-7-5-12(6-8-13)16(21)19-9-3-4-14(19)10-17/h5-8,11,14H,3-4,9-10,17H2,1-2H3,(H,18,20). The van der Waals surface area contributed by atoms with Gasteiger partial charge in [0.05, 0.1) is 0 Å². The van der Waals surface area contributed by atoms with Gasteiger partial charge in [-0.25, -0.2) is 0 Å². The molecule has 0 aromatic heterocycles. The molecule has 0 aliphatic carbocycles. The second-order valence-corrected chi connectivity index (χ2v) is 5.75. The minimum absolute atomic E-state index is 0.0182. The number of likely N-dealkylation sites (tertiary alicyclic amines) is 1. The summed E-state index contributed by atoms with van der Waals surface area (Å²) in [6, 6.07) is 7.19. The number of nitrogens with two attached hydrogens (primary N) is 1. The quantitative estimate of drug-likeness (QED) is 0.888. The minimum Gasteiger partial charge on any atom is -0.334 e. The smallest absolute Gasteiger partial charge is 0.254 e. The van der Waals surface area contributed by atoms with Gasteiger partial charge in [-0.05, 0) is 37.1 Å². The van der Waals surface area contributed by atoms with E-state index in [1.165, 1.54) is 0 Å². The first kappa shape index (κ1) is 15.5. The third-order valence-corrected chi connectivity index (χ3v) is 3.83. The molecule has 1 aromatic rings. The van der Waals surface area contributed by atoms with Crippen molar-refractivity contribution in [2.24, 2.45) is 11.7 Å².